The molecular formula is C25H38FN5O2. The van der Waals surface area contributed by atoms with Crippen LogP contribution in [0.15, 0.2) is 40.7 Å². The number of hydrogen-bond acceptors (Lipinski definition) is 7. The Morgan fingerprint density at radius 1 is 1.15 bits per heavy atom. The lowest BCUT2D eigenvalue weighted by atomic mass is 9.72. The molecule has 1 spiro atoms. The molecule has 0 radical (unpaired) electrons. The first-order chi connectivity index (χ1) is 15.8. The maximum absolute atomic E-state index is 14.0. The molecule has 0 amide bonds. The third-order valence-corrected chi connectivity index (χ3v) is 6.89. The molecular weight excluding hydrogens is 421 g/mol. The highest BCUT2D eigenvalue weighted by Gasteiger charge is 2.51. The number of rotatable bonds is 9. The topological polar surface area (TPSA) is 66.6 Å². The Hall–Kier alpha value is -2.16. The number of halogens is 1. The Labute approximate surface area is 197 Å². The second kappa shape index (κ2) is 9.99. The van der Waals surface area contributed by atoms with E-state index < -0.39 is 5.85 Å². The Kier molecular flexibility index (Phi) is 7.26. The number of hydrogen-bond donors (Lipinski definition) is 1. The van der Waals surface area contributed by atoms with Gasteiger partial charge in [-0.2, -0.15) is 4.39 Å². The van der Waals surface area contributed by atoms with E-state index in [0.717, 1.165) is 82.7 Å². The van der Waals surface area contributed by atoms with Crippen LogP contribution < -0.4 is 10.5 Å². The molecule has 3 fully saturated rings. The van der Waals surface area contributed by atoms with E-state index in [1.807, 2.05) is 25.3 Å². The Morgan fingerprint density at radius 3 is 2.39 bits per heavy atom. The third kappa shape index (κ3) is 6.05. The fraction of sp³-hybridized carbons (Fsp3) is 0.640. The molecule has 33 heavy (non-hydrogen) atoms. The number of morpholine rings is 1. The Bertz CT molecular complexity index is 846. The van der Waals surface area contributed by atoms with Gasteiger partial charge in [-0.3, -0.25) is 9.89 Å². The number of benzene rings is 1. The van der Waals surface area contributed by atoms with Gasteiger partial charge in [-0.15, -0.1) is 0 Å². The number of aliphatic imine (C=N–C) groups is 1. The van der Waals surface area contributed by atoms with Crippen LogP contribution in [-0.4, -0.2) is 92.3 Å². The van der Waals surface area contributed by atoms with Crippen LogP contribution in [0.1, 0.15) is 27.2 Å². The van der Waals surface area contributed by atoms with Gasteiger partial charge in [0.05, 0.1) is 30.8 Å². The number of nitrogens with zero attached hydrogens (tertiary/aromatic N) is 4. The van der Waals surface area contributed by atoms with Crippen LogP contribution in [0, 0.1) is 5.41 Å². The number of nitrogens with two attached hydrogens (primary N) is 1. The fourth-order valence-electron chi connectivity index (χ4n) is 4.79. The first kappa shape index (κ1) is 24.0. The van der Waals surface area contributed by atoms with Crippen molar-refractivity contribution in [3.05, 3.63) is 35.7 Å². The minimum Gasteiger partial charge on any atom is -0.458 e. The normalized spacial score (nSPS) is 23.7. The van der Waals surface area contributed by atoms with E-state index in [-0.39, 0.29) is 0 Å². The van der Waals surface area contributed by atoms with Gasteiger partial charge in [0.25, 0.3) is 0 Å². The largest absolute Gasteiger partial charge is 0.458 e. The van der Waals surface area contributed by atoms with Crippen LogP contribution in [0.3, 0.4) is 0 Å². The van der Waals surface area contributed by atoms with Crippen molar-refractivity contribution in [1.29, 1.82) is 0 Å². The average Bonchev–Trinajstić information content (AvgIpc) is 2.74. The summed E-state index contributed by atoms with van der Waals surface area (Å²) in [5.74, 6) is -1.16. The number of likely N-dealkylation sites (tertiary alicyclic amines) is 2. The molecule has 3 heterocycles. The van der Waals surface area contributed by atoms with Crippen molar-refractivity contribution in [3.63, 3.8) is 0 Å². The van der Waals surface area contributed by atoms with E-state index >= 15 is 0 Å². The molecule has 2 N–H and O–H groups in total. The summed E-state index contributed by atoms with van der Waals surface area (Å²) in [5, 5.41) is 0. The lowest BCUT2D eigenvalue weighted by molar-refractivity contribution is -0.101. The van der Waals surface area contributed by atoms with E-state index in [4.69, 9.17) is 15.2 Å². The van der Waals surface area contributed by atoms with Crippen LogP contribution >= 0.6 is 0 Å². The van der Waals surface area contributed by atoms with E-state index in [9.17, 15) is 4.39 Å². The fourth-order valence-corrected chi connectivity index (χ4v) is 4.79. The first-order valence-corrected chi connectivity index (χ1v) is 12.0. The lowest BCUT2D eigenvalue weighted by Gasteiger charge is -2.61. The third-order valence-electron chi connectivity index (χ3n) is 6.89. The van der Waals surface area contributed by atoms with Crippen molar-refractivity contribution < 1.29 is 13.9 Å². The summed E-state index contributed by atoms with van der Waals surface area (Å²) in [4.78, 5) is 12.0. The van der Waals surface area contributed by atoms with Gasteiger partial charge in [-0.05, 0) is 31.2 Å². The number of ether oxygens (including phenoxy) is 2. The van der Waals surface area contributed by atoms with Crippen LogP contribution in [0.5, 0.6) is 5.75 Å². The molecule has 3 aliphatic heterocycles. The van der Waals surface area contributed by atoms with E-state index in [2.05, 4.69) is 19.7 Å². The van der Waals surface area contributed by atoms with Crippen LogP contribution in [-0.2, 0) is 4.74 Å². The summed E-state index contributed by atoms with van der Waals surface area (Å²) in [5.41, 5.74) is 9.12. The Morgan fingerprint density at radius 2 is 1.79 bits per heavy atom. The van der Waals surface area contributed by atoms with Crippen molar-refractivity contribution >= 4 is 11.9 Å². The molecule has 0 aliphatic carbocycles. The molecule has 0 bridgehead atoms. The van der Waals surface area contributed by atoms with E-state index in [1.54, 1.807) is 19.1 Å². The highest BCUT2D eigenvalue weighted by molar-refractivity contribution is 5.81. The smallest absolute Gasteiger partial charge is 0.245 e. The van der Waals surface area contributed by atoms with Crippen LogP contribution in [0.25, 0.3) is 0 Å². The zero-order valence-electron chi connectivity index (χ0n) is 20.2. The van der Waals surface area contributed by atoms with Crippen molar-refractivity contribution in [1.82, 2.24) is 14.7 Å². The van der Waals surface area contributed by atoms with E-state index in [1.165, 1.54) is 6.92 Å². The summed E-state index contributed by atoms with van der Waals surface area (Å²) in [6, 6.07) is 7.16. The average molecular weight is 460 g/mol. The highest BCUT2D eigenvalue weighted by atomic mass is 19.2. The SMILES string of the molecule is CCC(C)(F)Oc1ccc(N=C/C(=C(/C)N)N2CC3(CN(CCN4CCOCC4)C3)C2)cc1. The molecule has 4 rings (SSSR count). The zero-order chi connectivity index (χ0) is 23.5. The van der Waals surface area contributed by atoms with Gasteiger partial charge < -0.3 is 25.0 Å². The summed E-state index contributed by atoms with van der Waals surface area (Å²) < 4.78 is 24.8. The van der Waals surface area contributed by atoms with Gasteiger partial charge >= 0.3 is 0 Å². The van der Waals surface area contributed by atoms with Gasteiger partial charge in [-0.1, -0.05) is 6.92 Å². The molecule has 7 nitrogen and oxygen atoms in total. The second-order valence-electron chi connectivity index (χ2n) is 9.90. The standard InChI is InChI=1S/C25H38FN5O2/c1-4-24(3,26)33-22-7-5-21(6-8-22)28-15-23(20(2)27)31-18-25(19-31)16-30(17-25)10-9-29-11-13-32-14-12-29/h5-8,15H,4,9-14,16-19,27H2,1-3H3/b23-20+,28-15?. The van der Waals surface area contributed by atoms with Crippen molar-refractivity contribution in [2.24, 2.45) is 16.1 Å². The molecule has 1 aromatic carbocycles. The summed E-state index contributed by atoms with van der Waals surface area (Å²) in [6.45, 7) is 15.6. The van der Waals surface area contributed by atoms with Gasteiger partial charge in [0.15, 0.2) is 0 Å². The predicted octanol–water partition coefficient (Wildman–Crippen LogP) is 3.00. The minimum absolute atomic E-state index is 0.291. The lowest BCUT2D eigenvalue weighted by Crippen LogP contribution is -2.72. The van der Waals surface area contributed by atoms with Crippen LogP contribution in [0.2, 0.25) is 0 Å². The van der Waals surface area contributed by atoms with Gasteiger partial charge in [-0.25, -0.2) is 0 Å². The maximum Gasteiger partial charge on any atom is 0.245 e. The molecule has 1 aromatic rings. The number of alkyl halides is 1. The van der Waals surface area contributed by atoms with Gasteiger partial charge in [0.2, 0.25) is 5.85 Å². The Balaban J connectivity index is 1.24. The second-order valence-corrected chi connectivity index (χ2v) is 9.90. The summed E-state index contributed by atoms with van der Waals surface area (Å²) >= 11 is 0. The quantitative estimate of drug-likeness (QED) is 0.573. The maximum atomic E-state index is 14.0. The predicted molar refractivity (Wildman–Crippen MR) is 130 cm³/mol. The monoisotopic (exact) mass is 459 g/mol. The van der Waals surface area contributed by atoms with Crippen molar-refractivity contribution in [3.8, 4) is 5.75 Å². The molecule has 1 atom stereocenters. The number of allylic oxidation sites excluding steroid dienone is 2. The molecule has 3 saturated heterocycles. The van der Waals surface area contributed by atoms with Crippen molar-refractivity contribution in [2.45, 2.75) is 33.0 Å². The van der Waals surface area contributed by atoms with Crippen molar-refractivity contribution in [2.75, 3.05) is 65.6 Å². The van der Waals surface area contributed by atoms with E-state index in [0.29, 0.717) is 17.6 Å². The molecule has 3 aliphatic rings. The van der Waals surface area contributed by atoms with Crippen LogP contribution in [0.4, 0.5) is 10.1 Å². The first-order valence-electron chi connectivity index (χ1n) is 12.0. The molecule has 0 aromatic heterocycles. The molecule has 182 valence electrons. The highest BCUT2D eigenvalue weighted by Crippen LogP contribution is 2.41. The molecule has 8 heteroatoms. The zero-order valence-corrected chi connectivity index (χ0v) is 20.2. The minimum atomic E-state index is -1.66. The summed E-state index contributed by atoms with van der Waals surface area (Å²) in [7, 11) is 0. The van der Waals surface area contributed by atoms with Gasteiger partial charge in [0, 0.05) is 76.8 Å². The summed E-state index contributed by atoms with van der Waals surface area (Å²) in [6.07, 6.45) is 2.14. The molecule has 1 unspecified atom stereocenters. The molecule has 0 saturated carbocycles. The van der Waals surface area contributed by atoms with Gasteiger partial charge in [0.1, 0.15) is 5.75 Å².